The van der Waals surface area contributed by atoms with Gasteiger partial charge in [0.25, 0.3) is 15.9 Å². The Labute approximate surface area is 79.9 Å². The quantitative estimate of drug-likeness (QED) is 0.492. The van der Waals surface area contributed by atoms with E-state index in [1.807, 2.05) is 4.72 Å². The summed E-state index contributed by atoms with van der Waals surface area (Å²) in [4.78, 5) is 10.9. The van der Waals surface area contributed by atoms with Crippen molar-refractivity contribution in [3.8, 4) is 0 Å². The standard InChI is InChI=1S/C7H7N3O3S/c8-4-2-1-3-6(5(4)9)14(12,13)10-7(3)11/h1-2H,8-9H2,(H,10,11). The molecule has 2 rings (SSSR count). The fraction of sp³-hybridized carbons (Fsp3) is 0. The molecule has 1 aliphatic rings. The Hall–Kier alpha value is -1.76. The van der Waals surface area contributed by atoms with Gasteiger partial charge in [-0.25, -0.2) is 13.1 Å². The monoisotopic (exact) mass is 213 g/mol. The van der Waals surface area contributed by atoms with Crippen LogP contribution in [0.5, 0.6) is 0 Å². The van der Waals surface area contributed by atoms with E-state index in [4.69, 9.17) is 11.5 Å². The maximum absolute atomic E-state index is 11.4. The third-order valence-electron chi connectivity index (χ3n) is 1.97. The Morgan fingerprint density at radius 2 is 1.86 bits per heavy atom. The zero-order chi connectivity index (χ0) is 10.5. The molecule has 74 valence electrons. The molecule has 0 fully saturated rings. The number of nitrogens with two attached hydrogens (primary N) is 2. The minimum Gasteiger partial charge on any atom is -0.397 e. The second-order valence-electron chi connectivity index (χ2n) is 2.88. The van der Waals surface area contributed by atoms with Crippen LogP contribution >= 0.6 is 0 Å². The van der Waals surface area contributed by atoms with Crippen LogP contribution in [0.3, 0.4) is 0 Å². The molecule has 0 radical (unpaired) electrons. The van der Waals surface area contributed by atoms with Crippen LogP contribution < -0.4 is 16.2 Å². The van der Waals surface area contributed by atoms with Crippen molar-refractivity contribution in [3.05, 3.63) is 17.7 Å². The molecule has 0 saturated heterocycles. The minimum absolute atomic E-state index is 0.0386. The van der Waals surface area contributed by atoms with Crippen LogP contribution in [0.1, 0.15) is 10.4 Å². The molecule has 0 unspecified atom stereocenters. The summed E-state index contributed by atoms with van der Waals surface area (Å²) in [7, 11) is -3.81. The van der Waals surface area contributed by atoms with E-state index >= 15 is 0 Å². The van der Waals surface area contributed by atoms with Gasteiger partial charge in [0, 0.05) is 0 Å². The van der Waals surface area contributed by atoms with Crippen molar-refractivity contribution in [3.63, 3.8) is 0 Å². The predicted octanol–water partition coefficient (Wildman–Crippen LogP) is -0.717. The van der Waals surface area contributed by atoms with E-state index in [-0.39, 0.29) is 21.8 Å². The first-order valence-corrected chi connectivity index (χ1v) is 5.17. The summed E-state index contributed by atoms with van der Waals surface area (Å²) in [5.74, 6) is -0.674. The molecular formula is C7H7N3O3S. The normalized spacial score (nSPS) is 17.6. The number of rotatable bonds is 0. The van der Waals surface area contributed by atoms with Gasteiger partial charge in [-0.2, -0.15) is 0 Å². The third-order valence-corrected chi connectivity index (χ3v) is 3.40. The molecule has 0 aliphatic carbocycles. The number of benzene rings is 1. The van der Waals surface area contributed by atoms with Gasteiger partial charge in [-0.15, -0.1) is 0 Å². The summed E-state index contributed by atoms with van der Waals surface area (Å²) in [6.07, 6.45) is 0. The van der Waals surface area contributed by atoms with Gasteiger partial charge in [-0.05, 0) is 12.1 Å². The van der Waals surface area contributed by atoms with Crippen molar-refractivity contribution in [1.29, 1.82) is 0 Å². The van der Waals surface area contributed by atoms with Gasteiger partial charge in [0.1, 0.15) is 4.90 Å². The Morgan fingerprint density at radius 3 is 2.50 bits per heavy atom. The molecule has 14 heavy (non-hydrogen) atoms. The third kappa shape index (κ3) is 0.956. The Morgan fingerprint density at radius 1 is 1.21 bits per heavy atom. The van der Waals surface area contributed by atoms with E-state index in [1.54, 1.807) is 0 Å². The molecule has 1 aromatic carbocycles. The second-order valence-corrected chi connectivity index (χ2v) is 4.50. The van der Waals surface area contributed by atoms with Crippen LogP contribution in [0.15, 0.2) is 17.0 Å². The number of amides is 1. The number of carbonyl (C=O) groups is 1. The van der Waals surface area contributed by atoms with Gasteiger partial charge < -0.3 is 11.5 Å². The zero-order valence-corrected chi connectivity index (χ0v) is 7.76. The molecule has 1 amide bonds. The number of carbonyl (C=O) groups excluding carboxylic acids is 1. The molecule has 0 atom stereocenters. The van der Waals surface area contributed by atoms with Crippen molar-refractivity contribution >= 4 is 27.3 Å². The van der Waals surface area contributed by atoms with Crippen molar-refractivity contribution in [2.24, 2.45) is 0 Å². The van der Waals surface area contributed by atoms with Crippen molar-refractivity contribution in [2.75, 3.05) is 11.5 Å². The van der Waals surface area contributed by atoms with E-state index in [2.05, 4.69) is 0 Å². The van der Waals surface area contributed by atoms with Gasteiger partial charge in [0.2, 0.25) is 0 Å². The number of fused-ring (bicyclic) bond motifs is 1. The highest BCUT2D eigenvalue weighted by Crippen LogP contribution is 2.31. The molecule has 1 aromatic rings. The summed E-state index contributed by atoms with van der Waals surface area (Å²) in [5.41, 5.74) is 11.0. The van der Waals surface area contributed by atoms with E-state index in [1.165, 1.54) is 12.1 Å². The van der Waals surface area contributed by atoms with E-state index in [0.717, 1.165) is 0 Å². The average Bonchev–Trinajstić information content (AvgIpc) is 2.29. The van der Waals surface area contributed by atoms with Crippen LogP contribution in [-0.2, 0) is 10.0 Å². The summed E-state index contributed by atoms with van der Waals surface area (Å²) in [5, 5.41) is 0. The maximum atomic E-state index is 11.4. The van der Waals surface area contributed by atoms with Gasteiger partial charge in [0.05, 0.1) is 16.9 Å². The Balaban J connectivity index is 2.91. The first-order chi connectivity index (χ1) is 6.43. The lowest BCUT2D eigenvalue weighted by atomic mass is 10.1. The second kappa shape index (κ2) is 2.38. The smallest absolute Gasteiger partial charge is 0.267 e. The van der Waals surface area contributed by atoms with Crippen LogP contribution in [0, 0.1) is 0 Å². The van der Waals surface area contributed by atoms with Crippen LogP contribution in [0.25, 0.3) is 0 Å². The average molecular weight is 213 g/mol. The topological polar surface area (TPSA) is 115 Å². The molecule has 5 N–H and O–H groups in total. The fourth-order valence-corrected chi connectivity index (χ4v) is 2.62. The number of anilines is 2. The number of nitrogens with one attached hydrogen (secondary N) is 1. The Kier molecular flexibility index (Phi) is 1.50. The fourth-order valence-electron chi connectivity index (χ4n) is 1.31. The number of sulfonamides is 1. The number of nitrogen functional groups attached to an aromatic ring is 2. The summed E-state index contributed by atoms with van der Waals surface area (Å²) in [6.45, 7) is 0. The van der Waals surface area contributed by atoms with Crippen LogP contribution in [0.4, 0.5) is 11.4 Å². The SMILES string of the molecule is Nc1ccc2c(c1N)S(=O)(=O)NC2=O. The van der Waals surface area contributed by atoms with E-state index < -0.39 is 15.9 Å². The lowest BCUT2D eigenvalue weighted by Gasteiger charge is -2.03. The molecule has 0 bridgehead atoms. The zero-order valence-electron chi connectivity index (χ0n) is 6.94. The largest absolute Gasteiger partial charge is 0.397 e. The van der Waals surface area contributed by atoms with Gasteiger partial charge >= 0.3 is 0 Å². The predicted molar refractivity (Wildman–Crippen MR) is 49.9 cm³/mol. The van der Waals surface area contributed by atoms with Gasteiger partial charge in [-0.3, -0.25) is 4.79 Å². The van der Waals surface area contributed by atoms with Crippen molar-refractivity contribution < 1.29 is 13.2 Å². The molecule has 0 spiro atoms. The first-order valence-electron chi connectivity index (χ1n) is 3.68. The molecule has 1 aliphatic heterocycles. The summed E-state index contributed by atoms with van der Waals surface area (Å²) in [6, 6.07) is 2.73. The molecule has 0 aromatic heterocycles. The van der Waals surface area contributed by atoms with Crippen LogP contribution in [-0.4, -0.2) is 14.3 Å². The molecule has 7 heteroatoms. The highest BCUT2D eigenvalue weighted by atomic mass is 32.2. The number of hydrogen-bond acceptors (Lipinski definition) is 5. The molecule has 1 heterocycles. The Bertz CT molecular complexity index is 535. The van der Waals surface area contributed by atoms with Gasteiger partial charge in [0.15, 0.2) is 0 Å². The van der Waals surface area contributed by atoms with E-state index in [0.29, 0.717) is 0 Å². The summed E-state index contributed by atoms with van der Waals surface area (Å²) < 4.78 is 24.6. The maximum Gasteiger partial charge on any atom is 0.267 e. The molecule has 0 saturated carbocycles. The molecule has 6 nitrogen and oxygen atoms in total. The first kappa shape index (κ1) is 8.82. The minimum atomic E-state index is -3.81. The lowest BCUT2D eigenvalue weighted by Crippen LogP contribution is -2.21. The number of hydrogen-bond donors (Lipinski definition) is 3. The van der Waals surface area contributed by atoms with Crippen LogP contribution in [0.2, 0.25) is 0 Å². The van der Waals surface area contributed by atoms with Crippen molar-refractivity contribution in [1.82, 2.24) is 4.72 Å². The van der Waals surface area contributed by atoms with E-state index in [9.17, 15) is 13.2 Å². The molecular weight excluding hydrogens is 206 g/mol. The van der Waals surface area contributed by atoms with Crippen molar-refractivity contribution in [2.45, 2.75) is 4.90 Å². The highest BCUT2D eigenvalue weighted by molar-refractivity contribution is 7.90. The lowest BCUT2D eigenvalue weighted by molar-refractivity contribution is 0.0985. The summed E-state index contributed by atoms with van der Waals surface area (Å²) >= 11 is 0. The van der Waals surface area contributed by atoms with Gasteiger partial charge in [-0.1, -0.05) is 0 Å². The highest BCUT2D eigenvalue weighted by Gasteiger charge is 2.35.